The van der Waals surface area contributed by atoms with Gasteiger partial charge in [0.2, 0.25) is 4.91 Å². The molecule has 1 saturated heterocycles. The molecule has 0 aromatic carbocycles. The number of likely N-dealkylation sites (tertiary alicyclic amines) is 1. The summed E-state index contributed by atoms with van der Waals surface area (Å²) in [6.07, 6.45) is 1.43. The number of amides is 1. The first-order valence-electron chi connectivity index (χ1n) is 6.88. The predicted octanol–water partition coefficient (Wildman–Crippen LogP) is 0.0408. The van der Waals surface area contributed by atoms with Gasteiger partial charge in [0, 0.05) is 25.2 Å². The first-order chi connectivity index (χ1) is 10.5. The third-order valence-electron chi connectivity index (χ3n) is 3.66. The zero-order chi connectivity index (χ0) is 16.1. The molecule has 22 heavy (non-hydrogen) atoms. The van der Waals surface area contributed by atoms with Gasteiger partial charge in [-0.15, -0.1) is 0 Å². The highest BCUT2D eigenvalue weighted by atomic mass is 16.4. The maximum absolute atomic E-state index is 12.1. The highest BCUT2D eigenvalue weighted by Crippen LogP contribution is 2.29. The SMILES string of the molecule is Cc1ncc(C(=O)CN=[N+]=N)c(C2CCN(C(=O)[O-])CC2)n1. The number of rotatable bonds is 4. The molecule has 1 aromatic rings. The lowest BCUT2D eigenvalue weighted by Gasteiger charge is -2.33. The van der Waals surface area contributed by atoms with E-state index in [1.807, 2.05) is 0 Å². The van der Waals surface area contributed by atoms with Crippen molar-refractivity contribution in [1.82, 2.24) is 19.8 Å². The van der Waals surface area contributed by atoms with Crippen molar-refractivity contribution in [3.8, 4) is 0 Å². The Morgan fingerprint density at radius 3 is 2.77 bits per heavy atom. The lowest BCUT2D eigenvalue weighted by Crippen LogP contribution is -2.45. The number of hydrogen-bond donors (Lipinski definition) is 1. The van der Waals surface area contributed by atoms with Crippen LogP contribution in [0.2, 0.25) is 0 Å². The molecule has 0 unspecified atom stereocenters. The van der Waals surface area contributed by atoms with Gasteiger partial charge in [0.1, 0.15) is 22.6 Å². The van der Waals surface area contributed by atoms with Crippen molar-refractivity contribution in [2.24, 2.45) is 5.11 Å². The molecule has 0 aliphatic carbocycles. The van der Waals surface area contributed by atoms with E-state index < -0.39 is 6.09 Å². The Morgan fingerprint density at radius 2 is 2.18 bits per heavy atom. The maximum atomic E-state index is 12.1. The van der Waals surface area contributed by atoms with Gasteiger partial charge in [0.05, 0.1) is 11.3 Å². The second-order valence-corrected chi connectivity index (χ2v) is 5.07. The number of Topliss-reactive ketones (excluding diaryl/α,β-unsaturated/α-hetero) is 1. The van der Waals surface area contributed by atoms with Crippen molar-refractivity contribution >= 4 is 11.9 Å². The van der Waals surface area contributed by atoms with Crippen LogP contribution in [0.1, 0.15) is 40.6 Å². The number of hydrogen-bond acceptors (Lipinski definition) is 7. The van der Waals surface area contributed by atoms with E-state index in [-0.39, 0.29) is 18.2 Å². The predicted molar refractivity (Wildman–Crippen MR) is 72.2 cm³/mol. The summed E-state index contributed by atoms with van der Waals surface area (Å²) < 4.78 is 0. The number of piperidine rings is 1. The fourth-order valence-electron chi connectivity index (χ4n) is 2.53. The Bertz CT molecular complexity index is 633. The second kappa shape index (κ2) is 6.86. The third kappa shape index (κ3) is 3.50. The van der Waals surface area contributed by atoms with E-state index in [0.717, 1.165) is 0 Å². The standard InChI is InChI=1S/C13H16N6O3/c1-8-15-6-10(11(20)7-16-18-14)12(17-8)9-2-4-19(5-3-9)13(21)22/h6,9,14H,2-5,7H2,1H3. The summed E-state index contributed by atoms with van der Waals surface area (Å²) in [5.41, 5.74) is 7.60. The number of carbonyl (C=O) groups is 2. The van der Waals surface area contributed by atoms with Crippen LogP contribution in [0.15, 0.2) is 11.3 Å². The minimum atomic E-state index is -1.18. The summed E-state index contributed by atoms with van der Waals surface area (Å²) in [4.78, 5) is 35.4. The molecule has 0 radical (unpaired) electrons. The van der Waals surface area contributed by atoms with Crippen LogP contribution in [0.4, 0.5) is 4.79 Å². The zero-order valence-corrected chi connectivity index (χ0v) is 12.2. The van der Waals surface area contributed by atoms with Crippen LogP contribution in [-0.4, -0.2) is 46.4 Å². The van der Waals surface area contributed by atoms with Gasteiger partial charge in [0.25, 0.3) is 0 Å². The summed E-state index contributed by atoms with van der Waals surface area (Å²) >= 11 is 0. The van der Waals surface area contributed by atoms with Gasteiger partial charge in [-0.2, -0.15) is 0 Å². The molecule has 116 valence electrons. The molecule has 2 rings (SSSR count). The quantitative estimate of drug-likeness (QED) is 0.475. The van der Waals surface area contributed by atoms with E-state index in [1.54, 1.807) is 6.92 Å². The number of carbonyl (C=O) groups excluding carboxylic acids is 2. The molecule has 0 spiro atoms. The van der Waals surface area contributed by atoms with Crippen LogP contribution >= 0.6 is 0 Å². The molecule has 1 fully saturated rings. The normalized spacial score (nSPS) is 15.2. The van der Waals surface area contributed by atoms with Crippen molar-refractivity contribution < 1.29 is 14.7 Å². The average Bonchev–Trinajstić information content (AvgIpc) is 2.52. The van der Waals surface area contributed by atoms with Gasteiger partial charge < -0.3 is 14.8 Å². The Morgan fingerprint density at radius 1 is 1.50 bits per heavy atom. The molecule has 2 heterocycles. The van der Waals surface area contributed by atoms with Gasteiger partial charge in [-0.1, -0.05) is 0 Å². The molecule has 1 aliphatic heterocycles. The minimum Gasteiger partial charge on any atom is -0.530 e. The number of aromatic nitrogens is 2. The van der Waals surface area contributed by atoms with Crippen LogP contribution < -0.4 is 10.0 Å². The molecule has 1 amide bonds. The monoisotopic (exact) mass is 304 g/mol. The van der Waals surface area contributed by atoms with Crippen LogP contribution in [0, 0.1) is 12.5 Å². The Hall–Kier alpha value is -2.67. The van der Waals surface area contributed by atoms with Crippen LogP contribution in [-0.2, 0) is 0 Å². The van der Waals surface area contributed by atoms with Gasteiger partial charge in [-0.3, -0.25) is 4.79 Å². The van der Waals surface area contributed by atoms with E-state index in [9.17, 15) is 14.7 Å². The third-order valence-corrected chi connectivity index (χ3v) is 3.66. The lowest BCUT2D eigenvalue weighted by atomic mass is 9.90. The number of nitrogens with zero attached hydrogens (tertiary/aromatic N) is 5. The minimum absolute atomic E-state index is 0.0100. The molecule has 0 saturated carbocycles. The fourth-order valence-corrected chi connectivity index (χ4v) is 2.53. The smallest absolute Gasteiger partial charge is 0.214 e. The molecular weight excluding hydrogens is 288 g/mol. The maximum Gasteiger partial charge on any atom is 0.214 e. The number of carboxylic acid groups (broad SMARTS) is 1. The van der Waals surface area contributed by atoms with Gasteiger partial charge in [0.15, 0.2) is 12.3 Å². The molecule has 1 N–H and O–H groups in total. The summed E-state index contributed by atoms with van der Waals surface area (Å²) in [6.45, 7) is 2.23. The second-order valence-electron chi connectivity index (χ2n) is 5.07. The average molecular weight is 304 g/mol. The zero-order valence-electron chi connectivity index (χ0n) is 12.2. The summed E-state index contributed by atoms with van der Waals surface area (Å²) in [5.74, 6) is 0.244. The van der Waals surface area contributed by atoms with Gasteiger partial charge in [-0.25, -0.2) is 9.97 Å². The molecule has 0 bridgehead atoms. The Balaban J connectivity index is 2.23. The summed E-state index contributed by atoms with van der Waals surface area (Å²) in [5, 5.41) is 14.2. The van der Waals surface area contributed by atoms with Crippen LogP contribution in [0.3, 0.4) is 0 Å². The van der Waals surface area contributed by atoms with Crippen LogP contribution in [0.5, 0.6) is 0 Å². The van der Waals surface area contributed by atoms with Crippen molar-refractivity contribution in [3.63, 3.8) is 0 Å². The molecule has 1 aliphatic rings. The highest BCUT2D eigenvalue weighted by Gasteiger charge is 2.26. The number of ketones is 1. The molecule has 9 heteroatoms. The van der Waals surface area contributed by atoms with Gasteiger partial charge >= 0.3 is 0 Å². The fraction of sp³-hybridized carbons (Fsp3) is 0.538. The van der Waals surface area contributed by atoms with Crippen molar-refractivity contribution in [1.29, 1.82) is 5.53 Å². The number of nitrogens with one attached hydrogen (secondary N) is 1. The van der Waals surface area contributed by atoms with E-state index >= 15 is 0 Å². The Kier molecular flexibility index (Phi) is 4.90. The van der Waals surface area contributed by atoms with Crippen molar-refractivity contribution in [3.05, 3.63) is 23.3 Å². The van der Waals surface area contributed by atoms with Crippen molar-refractivity contribution in [2.45, 2.75) is 25.7 Å². The largest absolute Gasteiger partial charge is 0.530 e. The van der Waals surface area contributed by atoms with Crippen LogP contribution in [0.25, 0.3) is 0 Å². The first-order valence-corrected chi connectivity index (χ1v) is 6.88. The van der Waals surface area contributed by atoms with Crippen molar-refractivity contribution in [2.75, 3.05) is 19.6 Å². The molecular formula is C13H16N6O3. The lowest BCUT2D eigenvalue weighted by molar-refractivity contribution is -0.266. The molecule has 9 nitrogen and oxygen atoms in total. The van der Waals surface area contributed by atoms with E-state index in [0.29, 0.717) is 43.0 Å². The van der Waals surface area contributed by atoms with E-state index in [4.69, 9.17) is 5.53 Å². The highest BCUT2D eigenvalue weighted by molar-refractivity contribution is 5.98. The first kappa shape index (κ1) is 15.7. The van der Waals surface area contributed by atoms with E-state index in [1.165, 1.54) is 11.1 Å². The van der Waals surface area contributed by atoms with Gasteiger partial charge in [-0.05, 0) is 19.8 Å². The molecule has 0 atom stereocenters. The molecule has 1 aromatic heterocycles. The number of aryl methyl sites for hydroxylation is 1. The topological polar surface area (TPSA) is 137 Å². The van der Waals surface area contributed by atoms with E-state index in [2.05, 4.69) is 20.0 Å². The Labute approximate surface area is 126 Å². The summed E-state index contributed by atoms with van der Waals surface area (Å²) in [6, 6.07) is 0. The summed E-state index contributed by atoms with van der Waals surface area (Å²) in [7, 11) is 0.